The number of nitrogens with one attached hydrogen (secondary N) is 1. The van der Waals surface area contributed by atoms with E-state index in [2.05, 4.69) is 17.1 Å². The molecule has 0 radical (unpaired) electrons. The zero-order valence-electron chi connectivity index (χ0n) is 10.0. The van der Waals surface area contributed by atoms with Crippen molar-refractivity contribution >= 4 is 0 Å². The predicted molar refractivity (Wildman–Crippen MR) is 62.0 cm³/mol. The summed E-state index contributed by atoms with van der Waals surface area (Å²) in [4.78, 5) is 2.66. The lowest BCUT2D eigenvalue weighted by Gasteiger charge is -2.42. The maximum Gasteiger partial charge on any atom is 0.0595 e. The van der Waals surface area contributed by atoms with Crippen LogP contribution >= 0.6 is 0 Å². The molecule has 2 fully saturated rings. The molecule has 2 saturated heterocycles. The van der Waals surface area contributed by atoms with E-state index in [0.29, 0.717) is 6.10 Å². The van der Waals surface area contributed by atoms with Crippen LogP contribution in [0.25, 0.3) is 0 Å². The normalized spacial score (nSPS) is 35.6. The summed E-state index contributed by atoms with van der Waals surface area (Å²) >= 11 is 0. The van der Waals surface area contributed by atoms with E-state index >= 15 is 0 Å². The zero-order valence-corrected chi connectivity index (χ0v) is 10.0. The maximum atomic E-state index is 5.41. The Bertz CT molecular complexity index is 190. The molecule has 2 unspecified atom stereocenters. The first kappa shape index (κ1) is 11.4. The molecule has 0 amide bonds. The summed E-state index contributed by atoms with van der Waals surface area (Å²) in [5.41, 5.74) is 0. The first-order chi connectivity index (χ1) is 7.31. The lowest BCUT2D eigenvalue weighted by molar-refractivity contribution is 0.0134. The molecule has 3 nitrogen and oxygen atoms in total. The van der Waals surface area contributed by atoms with E-state index in [4.69, 9.17) is 4.74 Å². The Kier molecular flexibility index (Phi) is 4.00. The topological polar surface area (TPSA) is 24.5 Å². The zero-order chi connectivity index (χ0) is 10.7. The molecule has 1 N–H and O–H groups in total. The molecule has 88 valence electrons. The van der Waals surface area contributed by atoms with Crippen LogP contribution in [0.2, 0.25) is 0 Å². The Morgan fingerprint density at radius 1 is 1.20 bits per heavy atom. The van der Waals surface area contributed by atoms with Crippen molar-refractivity contribution in [2.45, 2.75) is 38.3 Å². The van der Waals surface area contributed by atoms with Gasteiger partial charge in [0.05, 0.1) is 6.10 Å². The molecule has 2 aliphatic heterocycles. The van der Waals surface area contributed by atoms with Crippen molar-refractivity contribution in [1.82, 2.24) is 10.2 Å². The van der Waals surface area contributed by atoms with E-state index in [1.807, 2.05) is 7.11 Å². The van der Waals surface area contributed by atoms with Gasteiger partial charge in [0.15, 0.2) is 0 Å². The van der Waals surface area contributed by atoms with Crippen LogP contribution in [-0.4, -0.2) is 50.3 Å². The van der Waals surface area contributed by atoms with Crippen molar-refractivity contribution in [1.29, 1.82) is 0 Å². The molecular weight excluding hydrogens is 188 g/mol. The van der Waals surface area contributed by atoms with Gasteiger partial charge in [-0.3, -0.25) is 4.90 Å². The first-order valence-electron chi connectivity index (χ1n) is 6.29. The lowest BCUT2D eigenvalue weighted by Crippen LogP contribution is -2.53. The number of hydrogen-bond acceptors (Lipinski definition) is 3. The van der Waals surface area contributed by atoms with E-state index in [0.717, 1.165) is 12.0 Å². The Morgan fingerprint density at radius 3 is 2.53 bits per heavy atom. The Hall–Kier alpha value is -0.120. The molecule has 0 aromatic rings. The summed E-state index contributed by atoms with van der Waals surface area (Å²) in [7, 11) is 1.84. The number of ether oxygens (including phenoxy) is 1. The van der Waals surface area contributed by atoms with E-state index in [1.54, 1.807) is 0 Å². The van der Waals surface area contributed by atoms with Gasteiger partial charge in [0, 0.05) is 32.8 Å². The number of nitrogens with zero attached hydrogens (tertiary/aromatic N) is 1. The van der Waals surface area contributed by atoms with Gasteiger partial charge >= 0.3 is 0 Å². The molecule has 2 rings (SSSR count). The van der Waals surface area contributed by atoms with Crippen molar-refractivity contribution in [2.75, 3.05) is 33.3 Å². The molecule has 2 atom stereocenters. The Balaban J connectivity index is 1.83. The fraction of sp³-hybridized carbons (Fsp3) is 1.00. The van der Waals surface area contributed by atoms with Gasteiger partial charge in [-0.2, -0.15) is 0 Å². The summed E-state index contributed by atoms with van der Waals surface area (Å²) < 4.78 is 5.41. The molecule has 0 saturated carbocycles. The monoisotopic (exact) mass is 212 g/mol. The van der Waals surface area contributed by atoms with Crippen LogP contribution in [0.3, 0.4) is 0 Å². The molecule has 0 aromatic heterocycles. The minimum atomic E-state index is 0.508. The highest BCUT2D eigenvalue weighted by Gasteiger charge is 2.29. The number of hydrogen-bond donors (Lipinski definition) is 1. The standard InChI is InChI=1S/C12H24N2O/c1-10-3-6-13-9-12(10)14-7-4-11(15-2)5-8-14/h10-13H,3-9H2,1-2H3. The van der Waals surface area contributed by atoms with Crippen molar-refractivity contribution < 1.29 is 4.74 Å². The van der Waals surface area contributed by atoms with Gasteiger partial charge in [-0.15, -0.1) is 0 Å². The minimum Gasteiger partial charge on any atom is -0.381 e. The summed E-state index contributed by atoms with van der Waals surface area (Å²) in [5.74, 6) is 0.852. The summed E-state index contributed by atoms with van der Waals surface area (Å²) in [6.45, 7) is 7.21. The summed E-state index contributed by atoms with van der Waals surface area (Å²) in [6, 6.07) is 0.761. The van der Waals surface area contributed by atoms with Crippen LogP contribution < -0.4 is 5.32 Å². The van der Waals surface area contributed by atoms with Crippen LogP contribution in [-0.2, 0) is 4.74 Å². The van der Waals surface area contributed by atoms with E-state index < -0.39 is 0 Å². The quantitative estimate of drug-likeness (QED) is 0.742. The summed E-state index contributed by atoms with van der Waals surface area (Å²) in [6.07, 6.45) is 4.25. The van der Waals surface area contributed by atoms with Crippen molar-refractivity contribution in [2.24, 2.45) is 5.92 Å². The van der Waals surface area contributed by atoms with E-state index in [-0.39, 0.29) is 0 Å². The summed E-state index contributed by atoms with van der Waals surface area (Å²) in [5, 5.41) is 3.51. The highest BCUT2D eigenvalue weighted by atomic mass is 16.5. The molecule has 3 heteroatoms. The predicted octanol–water partition coefficient (Wildman–Crippen LogP) is 1.10. The van der Waals surface area contributed by atoms with Crippen molar-refractivity contribution in [3.05, 3.63) is 0 Å². The smallest absolute Gasteiger partial charge is 0.0595 e. The van der Waals surface area contributed by atoms with Crippen LogP contribution in [0.15, 0.2) is 0 Å². The molecule has 2 aliphatic rings. The average molecular weight is 212 g/mol. The molecule has 15 heavy (non-hydrogen) atoms. The Morgan fingerprint density at radius 2 is 1.93 bits per heavy atom. The largest absolute Gasteiger partial charge is 0.381 e. The Labute approximate surface area is 93.2 Å². The second kappa shape index (κ2) is 5.28. The first-order valence-corrected chi connectivity index (χ1v) is 6.29. The fourth-order valence-corrected chi connectivity index (χ4v) is 2.91. The fourth-order valence-electron chi connectivity index (χ4n) is 2.91. The average Bonchev–Trinajstić information content (AvgIpc) is 2.30. The van der Waals surface area contributed by atoms with Crippen LogP contribution in [0.5, 0.6) is 0 Å². The molecule has 2 heterocycles. The van der Waals surface area contributed by atoms with Gasteiger partial charge in [0.1, 0.15) is 0 Å². The van der Waals surface area contributed by atoms with Gasteiger partial charge in [0.2, 0.25) is 0 Å². The second-order valence-electron chi connectivity index (χ2n) is 5.01. The highest BCUT2D eigenvalue weighted by molar-refractivity contribution is 4.86. The number of methoxy groups -OCH3 is 1. The SMILES string of the molecule is COC1CCN(C2CNCCC2C)CC1. The van der Waals surface area contributed by atoms with E-state index in [9.17, 15) is 0 Å². The van der Waals surface area contributed by atoms with Gasteiger partial charge in [-0.05, 0) is 31.7 Å². The number of likely N-dealkylation sites (tertiary alicyclic amines) is 1. The van der Waals surface area contributed by atoms with Crippen LogP contribution in [0.1, 0.15) is 26.2 Å². The third-order valence-electron chi connectivity index (χ3n) is 4.07. The number of rotatable bonds is 2. The van der Waals surface area contributed by atoms with E-state index in [1.165, 1.54) is 45.4 Å². The molecule has 0 aromatic carbocycles. The molecule has 0 spiro atoms. The van der Waals surface area contributed by atoms with Crippen molar-refractivity contribution in [3.63, 3.8) is 0 Å². The van der Waals surface area contributed by atoms with Gasteiger partial charge in [-0.1, -0.05) is 6.92 Å². The van der Waals surface area contributed by atoms with Crippen molar-refractivity contribution in [3.8, 4) is 0 Å². The van der Waals surface area contributed by atoms with Gasteiger partial charge < -0.3 is 10.1 Å². The minimum absolute atomic E-state index is 0.508. The third kappa shape index (κ3) is 2.71. The third-order valence-corrected chi connectivity index (χ3v) is 4.07. The van der Waals surface area contributed by atoms with Gasteiger partial charge in [-0.25, -0.2) is 0 Å². The lowest BCUT2D eigenvalue weighted by atomic mass is 9.91. The molecule has 0 bridgehead atoms. The maximum absolute atomic E-state index is 5.41. The van der Waals surface area contributed by atoms with Crippen LogP contribution in [0, 0.1) is 5.92 Å². The van der Waals surface area contributed by atoms with Crippen LogP contribution in [0.4, 0.5) is 0 Å². The molecule has 0 aliphatic carbocycles. The molecular formula is C12H24N2O. The van der Waals surface area contributed by atoms with Gasteiger partial charge in [0.25, 0.3) is 0 Å². The second-order valence-corrected chi connectivity index (χ2v) is 5.01. The number of piperidine rings is 2. The highest BCUT2D eigenvalue weighted by Crippen LogP contribution is 2.22.